The summed E-state index contributed by atoms with van der Waals surface area (Å²) in [5, 5.41) is 0. The van der Waals surface area contributed by atoms with Crippen molar-refractivity contribution in [3.63, 3.8) is 0 Å². The van der Waals surface area contributed by atoms with Crippen LogP contribution >= 0.6 is 0 Å². The Hall–Kier alpha value is -1.36. The second-order valence-corrected chi connectivity index (χ2v) is 3.47. The molecule has 1 aromatic carbocycles. The molecule has 2 N–H and O–H groups in total. The SMILES string of the molecule is COc1ccc(CN)c(N(C)CC(F)F)c1. The first kappa shape index (κ1) is 12.7. The number of methoxy groups -OCH3 is 1. The van der Waals surface area contributed by atoms with Gasteiger partial charge in [-0.1, -0.05) is 6.07 Å². The summed E-state index contributed by atoms with van der Waals surface area (Å²) in [5.74, 6) is 0.633. The zero-order valence-corrected chi connectivity index (χ0v) is 9.41. The molecule has 0 aromatic heterocycles. The highest BCUT2D eigenvalue weighted by atomic mass is 19.3. The van der Waals surface area contributed by atoms with Gasteiger partial charge in [0.25, 0.3) is 6.43 Å². The van der Waals surface area contributed by atoms with Crippen molar-refractivity contribution in [2.45, 2.75) is 13.0 Å². The summed E-state index contributed by atoms with van der Waals surface area (Å²) < 4.78 is 29.6. The number of hydrogen-bond acceptors (Lipinski definition) is 3. The summed E-state index contributed by atoms with van der Waals surface area (Å²) in [6.45, 7) is -0.00687. The molecule has 16 heavy (non-hydrogen) atoms. The van der Waals surface area contributed by atoms with Gasteiger partial charge in [0, 0.05) is 25.3 Å². The van der Waals surface area contributed by atoms with Crippen LogP contribution in [0.25, 0.3) is 0 Å². The van der Waals surface area contributed by atoms with Crippen molar-refractivity contribution >= 4 is 5.69 Å². The average molecular weight is 230 g/mol. The lowest BCUT2D eigenvalue weighted by Crippen LogP contribution is -2.25. The first-order valence-corrected chi connectivity index (χ1v) is 4.94. The van der Waals surface area contributed by atoms with E-state index in [1.54, 1.807) is 25.2 Å². The van der Waals surface area contributed by atoms with Crippen LogP contribution < -0.4 is 15.4 Å². The maximum Gasteiger partial charge on any atom is 0.255 e. The summed E-state index contributed by atoms with van der Waals surface area (Å²) in [5.41, 5.74) is 7.06. The highest BCUT2D eigenvalue weighted by Gasteiger charge is 2.12. The number of benzene rings is 1. The van der Waals surface area contributed by atoms with Crippen LogP contribution in [0.3, 0.4) is 0 Å². The van der Waals surface area contributed by atoms with E-state index in [0.29, 0.717) is 18.0 Å². The second-order valence-electron chi connectivity index (χ2n) is 3.47. The van der Waals surface area contributed by atoms with Crippen LogP contribution in [-0.4, -0.2) is 27.1 Å². The molecule has 5 heteroatoms. The third-order valence-corrected chi connectivity index (χ3v) is 2.34. The van der Waals surface area contributed by atoms with Crippen molar-refractivity contribution in [1.82, 2.24) is 0 Å². The van der Waals surface area contributed by atoms with Gasteiger partial charge < -0.3 is 15.4 Å². The van der Waals surface area contributed by atoms with Crippen molar-refractivity contribution in [1.29, 1.82) is 0 Å². The summed E-state index contributed by atoms with van der Waals surface area (Å²) in [6, 6.07) is 5.27. The number of rotatable bonds is 5. The van der Waals surface area contributed by atoms with Crippen LogP contribution in [-0.2, 0) is 6.54 Å². The predicted octanol–water partition coefficient (Wildman–Crippen LogP) is 1.86. The number of nitrogens with zero attached hydrogens (tertiary/aromatic N) is 1. The van der Waals surface area contributed by atoms with Gasteiger partial charge in [0.15, 0.2) is 0 Å². The minimum Gasteiger partial charge on any atom is -0.497 e. The average Bonchev–Trinajstić information content (AvgIpc) is 2.27. The van der Waals surface area contributed by atoms with Crippen LogP contribution in [0.4, 0.5) is 14.5 Å². The van der Waals surface area contributed by atoms with Gasteiger partial charge in [-0.15, -0.1) is 0 Å². The zero-order chi connectivity index (χ0) is 12.1. The van der Waals surface area contributed by atoms with Gasteiger partial charge in [-0.25, -0.2) is 8.78 Å². The monoisotopic (exact) mass is 230 g/mol. The first-order chi connectivity index (χ1) is 7.58. The van der Waals surface area contributed by atoms with Gasteiger partial charge in [0.1, 0.15) is 5.75 Å². The molecule has 0 bridgehead atoms. The largest absolute Gasteiger partial charge is 0.497 e. The third kappa shape index (κ3) is 3.06. The molecule has 3 nitrogen and oxygen atoms in total. The van der Waals surface area contributed by atoms with Crippen LogP contribution in [0.1, 0.15) is 5.56 Å². The van der Waals surface area contributed by atoms with E-state index in [2.05, 4.69) is 0 Å². The fraction of sp³-hybridized carbons (Fsp3) is 0.455. The summed E-state index contributed by atoms with van der Waals surface area (Å²) in [4.78, 5) is 1.48. The Labute approximate surface area is 93.8 Å². The van der Waals surface area contributed by atoms with E-state index >= 15 is 0 Å². The molecule has 0 spiro atoms. The molecule has 0 aliphatic rings. The molecule has 1 rings (SSSR count). The standard InChI is InChI=1S/C11H16F2N2O/c1-15(7-11(12)13)10-5-9(16-2)4-3-8(10)6-14/h3-5,11H,6-7,14H2,1-2H3. The van der Waals surface area contributed by atoms with E-state index < -0.39 is 6.43 Å². The zero-order valence-electron chi connectivity index (χ0n) is 9.41. The quantitative estimate of drug-likeness (QED) is 0.839. The van der Waals surface area contributed by atoms with Crippen LogP contribution in [0.15, 0.2) is 18.2 Å². The molecule has 0 fully saturated rings. The molecule has 0 aliphatic carbocycles. The molecular formula is C11H16F2N2O. The van der Waals surface area contributed by atoms with Gasteiger partial charge in [-0.05, 0) is 11.6 Å². The van der Waals surface area contributed by atoms with E-state index in [4.69, 9.17) is 10.5 Å². The number of nitrogens with two attached hydrogens (primary N) is 1. The number of alkyl halides is 2. The minimum atomic E-state index is -2.37. The molecule has 0 radical (unpaired) electrons. The minimum absolute atomic E-state index is 0.312. The van der Waals surface area contributed by atoms with E-state index in [9.17, 15) is 8.78 Å². The maximum atomic E-state index is 12.3. The highest BCUT2D eigenvalue weighted by molar-refractivity contribution is 5.56. The number of ether oxygens (including phenoxy) is 1. The highest BCUT2D eigenvalue weighted by Crippen LogP contribution is 2.25. The lowest BCUT2D eigenvalue weighted by atomic mass is 10.1. The van der Waals surface area contributed by atoms with Crippen LogP contribution in [0.5, 0.6) is 5.75 Å². The predicted molar refractivity (Wildman–Crippen MR) is 60.2 cm³/mol. The molecule has 0 heterocycles. The maximum absolute atomic E-state index is 12.3. The fourth-order valence-electron chi connectivity index (χ4n) is 1.50. The van der Waals surface area contributed by atoms with Gasteiger partial charge in [-0.3, -0.25) is 0 Å². The smallest absolute Gasteiger partial charge is 0.255 e. The lowest BCUT2D eigenvalue weighted by molar-refractivity contribution is 0.156. The second kappa shape index (κ2) is 5.65. The molecule has 0 unspecified atom stereocenters. The number of anilines is 1. The fourth-order valence-corrected chi connectivity index (χ4v) is 1.50. The van der Waals surface area contributed by atoms with Gasteiger partial charge in [0.2, 0.25) is 0 Å². The molecular weight excluding hydrogens is 214 g/mol. The summed E-state index contributed by atoms with van der Waals surface area (Å²) >= 11 is 0. The third-order valence-electron chi connectivity index (χ3n) is 2.34. The topological polar surface area (TPSA) is 38.5 Å². The van der Waals surface area contributed by atoms with Crippen LogP contribution in [0, 0.1) is 0 Å². The Balaban J connectivity index is 2.98. The molecule has 0 saturated heterocycles. The van der Waals surface area contributed by atoms with Crippen molar-refractivity contribution in [3.8, 4) is 5.75 Å². The Morgan fingerprint density at radius 2 is 2.12 bits per heavy atom. The number of hydrogen-bond donors (Lipinski definition) is 1. The van der Waals surface area contributed by atoms with Crippen molar-refractivity contribution < 1.29 is 13.5 Å². The van der Waals surface area contributed by atoms with E-state index in [-0.39, 0.29) is 6.54 Å². The van der Waals surface area contributed by atoms with E-state index in [0.717, 1.165) is 5.56 Å². The van der Waals surface area contributed by atoms with Crippen LogP contribution in [0.2, 0.25) is 0 Å². The normalized spacial score (nSPS) is 10.6. The van der Waals surface area contributed by atoms with Gasteiger partial charge in [-0.2, -0.15) is 0 Å². The Kier molecular flexibility index (Phi) is 4.49. The van der Waals surface area contributed by atoms with Gasteiger partial charge >= 0.3 is 0 Å². The van der Waals surface area contributed by atoms with Crippen molar-refractivity contribution in [2.24, 2.45) is 5.73 Å². The summed E-state index contributed by atoms with van der Waals surface area (Å²) in [7, 11) is 3.15. The number of halogens is 2. The molecule has 90 valence electrons. The molecule has 0 atom stereocenters. The Bertz CT molecular complexity index is 345. The lowest BCUT2D eigenvalue weighted by Gasteiger charge is -2.22. The Morgan fingerprint density at radius 3 is 2.62 bits per heavy atom. The first-order valence-electron chi connectivity index (χ1n) is 4.94. The summed E-state index contributed by atoms with van der Waals surface area (Å²) in [6.07, 6.45) is -2.37. The molecule has 0 aliphatic heterocycles. The molecule has 0 saturated carbocycles. The van der Waals surface area contributed by atoms with Crippen molar-refractivity contribution in [2.75, 3.05) is 25.6 Å². The van der Waals surface area contributed by atoms with E-state index in [1.165, 1.54) is 12.0 Å². The molecule has 0 amide bonds. The van der Waals surface area contributed by atoms with E-state index in [1.807, 2.05) is 0 Å². The Morgan fingerprint density at radius 1 is 1.44 bits per heavy atom. The van der Waals surface area contributed by atoms with Gasteiger partial charge in [0.05, 0.1) is 13.7 Å². The van der Waals surface area contributed by atoms with Crippen molar-refractivity contribution in [3.05, 3.63) is 23.8 Å². The molecule has 1 aromatic rings.